The molecule has 0 heterocycles. The molecule has 0 aromatic heterocycles. The fraction of sp³-hybridized carbons (Fsp3) is 0.847. The number of esters is 3. The maximum absolute atomic E-state index is 13.0. The zero-order chi connectivity index (χ0) is 56.4. The van der Waals surface area contributed by atoms with Crippen molar-refractivity contribution >= 4 is 17.9 Å². The lowest BCUT2D eigenvalue weighted by molar-refractivity contribution is -0.167. The van der Waals surface area contributed by atoms with Gasteiger partial charge >= 0.3 is 17.9 Å². The maximum Gasteiger partial charge on any atom is 0.306 e. The first-order valence-corrected chi connectivity index (χ1v) is 34.6. The molecule has 1 atom stereocenters. The van der Waals surface area contributed by atoms with E-state index in [0.29, 0.717) is 19.3 Å². The topological polar surface area (TPSA) is 78.9 Å². The lowest BCUT2D eigenvalue weighted by Crippen LogP contribution is -2.30. The number of ether oxygens (including phenoxy) is 3. The highest BCUT2D eigenvalue weighted by atomic mass is 16.6. The third-order valence-electron chi connectivity index (χ3n) is 15.6. The summed E-state index contributed by atoms with van der Waals surface area (Å²) in [5, 5.41) is 0. The summed E-state index contributed by atoms with van der Waals surface area (Å²) in [6.45, 7) is 6.68. The number of allylic oxidation sites excluding steroid dienone is 8. The van der Waals surface area contributed by atoms with Crippen LogP contribution in [0.25, 0.3) is 0 Å². The van der Waals surface area contributed by atoms with Crippen molar-refractivity contribution in [2.45, 2.75) is 380 Å². The highest BCUT2D eigenvalue weighted by Crippen LogP contribution is 2.18. The smallest absolute Gasteiger partial charge is 0.306 e. The second-order valence-corrected chi connectivity index (χ2v) is 23.4. The van der Waals surface area contributed by atoms with Gasteiger partial charge in [0, 0.05) is 19.3 Å². The molecule has 0 aliphatic rings. The van der Waals surface area contributed by atoms with E-state index in [1.807, 2.05) is 0 Å². The quantitative estimate of drug-likeness (QED) is 0.0261. The molecule has 0 saturated carbocycles. The fourth-order valence-corrected chi connectivity index (χ4v) is 10.3. The number of unbranched alkanes of at least 4 members (excludes halogenated alkanes) is 45. The van der Waals surface area contributed by atoms with E-state index in [-0.39, 0.29) is 31.1 Å². The minimum absolute atomic E-state index is 0.0759. The Morgan fingerprint density at radius 3 is 0.731 bits per heavy atom. The van der Waals surface area contributed by atoms with Crippen LogP contribution >= 0.6 is 0 Å². The Labute approximate surface area is 486 Å². The Morgan fingerprint density at radius 2 is 0.462 bits per heavy atom. The maximum atomic E-state index is 13.0. The zero-order valence-corrected chi connectivity index (χ0v) is 52.5. The van der Waals surface area contributed by atoms with Crippen molar-refractivity contribution in [3.8, 4) is 0 Å². The third kappa shape index (κ3) is 64.2. The van der Waals surface area contributed by atoms with Crippen LogP contribution in [0.5, 0.6) is 0 Å². The van der Waals surface area contributed by atoms with E-state index >= 15 is 0 Å². The molecular weight excluding hydrogens is 961 g/mol. The predicted octanol–water partition coefficient (Wildman–Crippen LogP) is 23.7. The van der Waals surface area contributed by atoms with Gasteiger partial charge in [-0.3, -0.25) is 14.4 Å². The Kier molecular flexibility index (Phi) is 64.6. The van der Waals surface area contributed by atoms with Crippen LogP contribution < -0.4 is 0 Å². The number of hydrogen-bond acceptors (Lipinski definition) is 6. The molecule has 6 heteroatoms. The van der Waals surface area contributed by atoms with Gasteiger partial charge in [-0.1, -0.05) is 320 Å². The standard InChI is InChI=1S/C72H132O6/c1-4-7-10-13-16-19-22-25-28-30-32-34-36-38-39-41-44-47-50-53-56-59-62-65-71(74)77-68-69(67-76-70(73)64-61-58-55-52-49-46-43-27-24-21-18-15-12-9-6-3)78-72(75)66-63-60-57-54-51-48-45-42-40-37-35-33-31-29-26-23-20-17-14-11-8-5-2/h22,25,27,30,32,36,38,43,69H,4-21,23-24,26,28-29,31,33-35,37,39-42,44-68H2,1-3H3/b25-22-,32-30-,38-36-,43-27-. The summed E-state index contributed by atoms with van der Waals surface area (Å²) < 4.78 is 17.0. The molecule has 6 nitrogen and oxygen atoms in total. The molecule has 1 unspecified atom stereocenters. The molecule has 0 fully saturated rings. The van der Waals surface area contributed by atoms with Gasteiger partial charge in [-0.2, -0.15) is 0 Å². The van der Waals surface area contributed by atoms with Gasteiger partial charge in [0.2, 0.25) is 0 Å². The summed E-state index contributed by atoms with van der Waals surface area (Å²) in [5.41, 5.74) is 0. The minimum Gasteiger partial charge on any atom is -0.462 e. The van der Waals surface area contributed by atoms with E-state index in [1.165, 1.54) is 250 Å². The van der Waals surface area contributed by atoms with Gasteiger partial charge < -0.3 is 14.2 Å². The Morgan fingerprint density at radius 1 is 0.256 bits per heavy atom. The lowest BCUT2D eigenvalue weighted by Gasteiger charge is -2.18. The Balaban J connectivity index is 4.32. The average molecular weight is 1090 g/mol. The summed E-state index contributed by atoms with van der Waals surface area (Å²) in [7, 11) is 0. The summed E-state index contributed by atoms with van der Waals surface area (Å²) >= 11 is 0. The lowest BCUT2D eigenvalue weighted by atomic mass is 10.0. The molecule has 0 rings (SSSR count). The molecule has 0 saturated heterocycles. The van der Waals surface area contributed by atoms with E-state index in [9.17, 15) is 14.4 Å². The van der Waals surface area contributed by atoms with E-state index in [2.05, 4.69) is 69.4 Å². The summed E-state index contributed by atoms with van der Waals surface area (Å²) in [6, 6.07) is 0. The number of hydrogen-bond donors (Lipinski definition) is 0. The van der Waals surface area contributed by atoms with Gasteiger partial charge in [-0.05, 0) is 83.5 Å². The van der Waals surface area contributed by atoms with Crippen LogP contribution in [-0.4, -0.2) is 37.2 Å². The van der Waals surface area contributed by atoms with E-state index in [0.717, 1.165) is 83.5 Å². The first-order valence-electron chi connectivity index (χ1n) is 34.6. The Hall–Kier alpha value is -2.63. The van der Waals surface area contributed by atoms with Crippen molar-refractivity contribution in [2.75, 3.05) is 13.2 Å². The second-order valence-electron chi connectivity index (χ2n) is 23.4. The number of carbonyl (C=O) groups excluding carboxylic acids is 3. The van der Waals surface area contributed by atoms with Crippen LogP contribution in [0, 0.1) is 0 Å². The summed E-state index contributed by atoms with van der Waals surface area (Å²) in [4.78, 5) is 38.4. The molecule has 0 spiro atoms. The molecule has 78 heavy (non-hydrogen) atoms. The van der Waals surface area contributed by atoms with Crippen molar-refractivity contribution in [1.29, 1.82) is 0 Å². The molecule has 0 aliphatic carbocycles. The van der Waals surface area contributed by atoms with Gasteiger partial charge in [0.15, 0.2) is 6.10 Å². The number of carbonyl (C=O) groups is 3. The van der Waals surface area contributed by atoms with Crippen LogP contribution in [0.1, 0.15) is 374 Å². The van der Waals surface area contributed by atoms with Crippen molar-refractivity contribution in [3.63, 3.8) is 0 Å². The van der Waals surface area contributed by atoms with E-state index < -0.39 is 6.10 Å². The van der Waals surface area contributed by atoms with Crippen LogP contribution in [-0.2, 0) is 28.6 Å². The van der Waals surface area contributed by atoms with E-state index in [1.54, 1.807) is 0 Å². The highest BCUT2D eigenvalue weighted by molar-refractivity contribution is 5.71. The minimum atomic E-state index is -0.779. The first-order chi connectivity index (χ1) is 38.5. The summed E-state index contributed by atoms with van der Waals surface area (Å²) in [5.74, 6) is -0.865. The van der Waals surface area contributed by atoms with Gasteiger partial charge in [-0.15, -0.1) is 0 Å². The van der Waals surface area contributed by atoms with Crippen LogP contribution in [0.3, 0.4) is 0 Å². The second kappa shape index (κ2) is 66.9. The molecule has 456 valence electrons. The average Bonchev–Trinajstić information content (AvgIpc) is 3.44. The molecule has 0 aromatic carbocycles. The van der Waals surface area contributed by atoms with Crippen molar-refractivity contribution in [2.24, 2.45) is 0 Å². The highest BCUT2D eigenvalue weighted by Gasteiger charge is 2.19. The molecule has 0 radical (unpaired) electrons. The molecule has 0 amide bonds. The van der Waals surface area contributed by atoms with Crippen LogP contribution in [0.4, 0.5) is 0 Å². The molecular formula is C72H132O6. The van der Waals surface area contributed by atoms with Gasteiger partial charge in [-0.25, -0.2) is 0 Å². The van der Waals surface area contributed by atoms with Crippen molar-refractivity contribution in [1.82, 2.24) is 0 Å². The summed E-state index contributed by atoms with van der Waals surface area (Å²) in [6.07, 6.45) is 84.1. The van der Waals surface area contributed by atoms with Crippen LogP contribution in [0.15, 0.2) is 48.6 Å². The Bertz CT molecular complexity index is 1350. The number of rotatable bonds is 64. The van der Waals surface area contributed by atoms with Crippen molar-refractivity contribution < 1.29 is 28.6 Å². The fourth-order valence-electron chi connectivity index (χ4n) is 10.3. The van der Waals surface area contributed by atoms with E-state index in [4.69, 9.17) is 14.2 Å². The SMILES string of the molecule is CCCCCCC/C=C\C/C=C\C/C=C\CCCCCCCCCCC(=O)OCC(COC(=O)CCCCCCC/C=C\CCCCCCCC)OC(=O)CCCCCCCCCCCCCCCCCCCCCCCC. The van der Waals surface area contributed by atoms with Gasteiger partial charge in [0.05, 0.1) is 0 Å². The third-order valence-corrected chi connectivity index (χ3v) is 15.6. The predicted molar refractivity (Wildman–Crippen MR) is 339 cm³/mol. The molecule has 0 N–H and O–H groups in total. The monoisotopic (exact) mass is 1090 g/mol. The van der Waals surface area contributed by atoms with Crippen molar-refractivity contribution in [3.05, 3.63) is 48.6 Å². The molecule has 0 bridgehead atoms. The first kappa shape index (κ1) is 75.4. The van der Waals surface area contributed by atoms with Gasteiger partial charge in [0.1, 0.15) is 13.2 Å². The zero-order valence-electron chi connectivity index (χ0n) is 52.5. The molecule has 0 aliphatic heterocycles. The largest absolute Gasteiger partial charge is 0.462 e. The van der Waals surface area contributed by atoms with Crippen LogP contribution in [0.2, 0.25) is 0 Å². The van der Waals surface area contributed by atoms with Gasteiger partial charge in [0.25, 0.3) is 0 Å². The molecule has 0 aromatic rings. The normalized spacial score (nSPS) is 12.3.